The third kappa shape index (κ3) is 4.43. The number of rotatable bonds is 4. The zero-order valence-corrected chi connectivity index (χ0v) is 18.4. The number of fused-ring (bicyclic) bond motifs is 1. The molecule has 0 amide bonds. The number of hydrogen-bond acceptors (Lipinski definition) is 11. The Labute approximate surface area is 185 Å². The van der Waals surface area contributed by atoms with Crippen LogP contribution in [0.25, 0.3) is 11.2 Å². The van der Waals surface area contributed by atoms with Gasteiger partial charge >= 0.3 is 59.1 Å². The van der Waals surface area contributed by atoms with Crippen molar-refractivity contribution in [1.29, 1.82) is 0 Å². The van der Waals surface area contributed by atoms with Gasteiger partial charge in [-0.1, -0.05) is 0 Å². The SMILES string of the molecule is Nc1ncnc2c1ncn2[C@]1(OCP(=O)([O-])[O-])OC[C@@H](O)[C@H]1O.[Na+].[Na+]. The van der Waals surface area contributed by atoms with Gasteiger partial charge in [0.2, 0.25) is 0 Å². The van der Waals surface area contributed by atoms with E-state index in [1.54, 1.807) is 0 Å². The summed E-state index contributed by atoms with van der Waals surface area (Å²) in [5.41, 5.74) is 5.87. The molecule has 12 nitrogen and oxygen atoms in total. The Hall–Kier alpha value is 0.340. The largest absolute Gasteiger partial charge is 1.00 e. The van der Waals surface area contributed by atoms with Gasteiger partial charge in [0.05, 0.1) is 13.0 Å². The van der Waals surface area contributed by atoms with E-state index in [1.807, 2.05) is 0 Å². The van der Waals surface area contributed by atoms with Gasteiger partial charge in [-0.3, -0.25) is 4.57 Å². The van der Waals surface area contributed by atoms with Crippen molar-refractivity contribution >= 4 is 24.6 Å². The summed E-state index contributed by atoms with van der Waals surface area (Å²) in [5, 5.41) is 19.9. The van der Waals surface area contributed by atoms with Gasteiger partial charge in [-0.15, -0.1) is 0 Å². The summed E-state index contributed by atoms with van der Waals surface area (Å²) in [6, 6.07) is 0. The molecule has 1 aliphatic rings. The molecule has 0 aliphatic carbocycles. The van der Waals surface area contributed by atoms with E-state index in [4.69, 9.17) is 15.2 Å². The Morgan fingerprint density at radius 2 is 2.08 bits per heavy atom. The van der Waals surface area contributed by atoms with E-state index in [0.29, 0.717) is 0 Å². The van der Waals surface area contributed by atoms with Crippen LogP contribution in [0, 0.1) is 0 Å². The molecule has 3 heterocycles. The van der Waals surface area contributed by atoms with Crippen molar-refractivity contribution < 1.29 is 93.2 Å². The molecule has 0 radical (unpaired) electrons. The molecule has 0 aromatic carbocycles. The second kappa shape index (κ2) is 8.57. The van der Waals surface area contributed by atoms with E-state index in [0.717, 1.165) is 17.2 Å². The fraction of sp³-hybridized carbons (Fsp3) is 0.500. The topological polar surface area (TPSA) is 192 Å². The van der Waals surface area contributed by atoms with Crippen molar-refractivity contribution in [3.8, 4) is 0 Å². The molecule has 4 N–H and O–H groups in total. The number of ether oxygens (including phenoxy) is 2. The third-order valence-electron chi connectivity index (χ3n) is 3.33. The predicted octanol–water partition coefficient (Wildman–Crippen LogP) is -9.33. The number of anilines is 1. The van der Waals surface area contributed by atoms with Gasteiger partial charge in [-0.2, -0.15) is 0 Å². The summed E-state index contributed by atoms with van der Waals surface area (Å²) in [7, 11) is -5.06. The van der Waals surface area contributed by atoms with Crippen LogP contribution in [0.4, 0.5) is 5.82 Å². The first-order chi connectivity index (χ1) is 10.7. The molecule has 0 saturated carbocycles. The Balaban J connectivity index is 0.00000156. The fourth-order valence-electron chi connectivity index (χ4n) is 2.29. The van der Waals surface area contributed by atoms with Crippen LogP contribution >= 0.6 is 7.60 Å². The molecule has 0 unspecified atom stereocenters. The summed E-state index contributed by atoms with van der Waals surface area (Å²) in [6.45, 7) is -0.358. The first-order valence-corrected chi connectivity index (χ1v) is 8.06. The minimum absolute atomic E-state index is 0. The van der Waals surface area contributed by atoms with Crippen LogP contribution in [-0.4, -0.2) is 54.9 Å². The second-order valence-corrected chi connectivity index (χ2v) is 6.36. The van der Waals surface area contributed by atoms with Gasteiger partial charge in [0, 0.05) is 0 Å². The van der Waals surface area contributed by atoms with Gasteiger partial charge < -0.3 is 39.8 Å². The van der Waals surface area contributed by atoms with E-state index < -0.39 is 32.1 Å². The van der Waals surface area contributed by atoms with E-state index in [9.17, 15) is 24.6 Å². The van der Waals surface area contributed by atoms with Crippen molar-refractivity contribution in [3.05, 3.63) is 12.7 Å². The molecule has 3 rings (SSSR count). The van der Waals surface area contributed by atoms with Crippen molar-refractivity contribution in [2.75, 3.05) is 18.7 Å². The molecule has 0 spiro atoms. The summed E-state index contributed by atoms with van der Waals surface area (Å²) < 4.78 is 22.2. The molecule has 15 heteroatoms. The first kappa shape index (κ1) is 23.4. The van der Waals surface area contributed by atoms with E-state index >= 15 is 0 Å². The Morgan fingerprint density at radius 1 is 1.40 bits per heavy atom. The van der Waals surface area contributed by atoms with E-state index in [-0.39, 0.29) is 82.7 Å². The van der Waals surface area contributed by atoms with Crippen LogP contribution in [0.1, 0.15) is 0 Å². The minimum Gasteiger partial charge on any atom is -0.809 e. The number of aliphatic hydroxyl groups is 2. The number of hydrogen-bond donors (Lipinski definition) is 3. The Bertz CT molecular complexity index is 788. The molecule has 3 atom stereocenters. The normalized spacial score (nSPS) is 26.2. The number of aliphatic hydroxyl groups excluding tert-OH is 2. The number of nitrogens with two attached hydrogens (primary N) is 1. The Kier molecular flexibility index (Phi) is 8.01. The average molecular weight is 391 g/mol. The maximum atomic E-state index is 10.9. The van der Waals surface area contributed by atoms with Gasteiger partial charge in [0.25, 0.3) is 5.91 Å². The third-order valence-corrected chi connectivity index (χ3v) is 3.77. The molecule has 2 aromatic heterocycles. The van der Waals surface area contributed by atoms with Crippen molar-refractivity contribution in [3.63, 3.8) is 0 Å². The maximum Gasteiger partial charge on any atom is 1.00 e. The average Bonchev–Trinajstić information content (AvgIpc) is 3.02. The number of imidazole rings is 1. The fourth-order valence-corrected chi connectivity index (χ4v) is 2.63. The molecule has 0 bridgehead atoms. The van der Waals surface area contributed by atoms with Crippen LogP contribution in [-0.2, 0) is 19.9 Å². The van der Waals surface area contributed by atoms with E-state index in [1.165, 1.54) is 0 Å². The summed E-state index contributed by atoms with van der Waals surface area (Å²) in [6.07, 6.45) is -2.09. The van der Waals surface area contributed by atoms with Gasteiger partial charge in [-0.25, -0.2) is 15.0 Å². The smallest absolute Gasteiger partial charge is 0.809 e. The zero-order chi connectivity index (χ0) is 16.8. The van der Waals surface area contributed by atoms with Gasteiger partial charge in [0.1, 0.15) is 24.3 Å². The first-order valence-electron chi connectivity index (χ1n) is 6.34. The zero-order valence-electron chi connectivity index (χ0n) is 13.5. The van der Waals surface area contributed by atoms with Crippen LogP contribution in [0.2, 0.25) is 0 Å². The van der Waals surface area contributed by atoms with Crippen LogP contribution < -0.4 is 74.6 Å². The van der Waals surface area contributed by atoms with Gasteiger partial charge in [0.15, 0.2) is 17.6 Å². The summed E-state index contributed by atoms with van der Waals surface area (Å²) in [4.78, 5) is 33.4. The predicted molar refractivity (Wildman–Crippen MR) is 69.2 cm³/mol. The quantitative estimate of drug-likeness (QED) is 0.331. The van der Waals surface area contributed by atoms with Crippen molar-refractivity contribution in [2.45, 2.75) is 18.1 Å². The standard InChI is InChI=1S/C10H14N5O7P.2Na/c11-8-6-9(13-2-12-8)15(3-14-6)10(22-4-23(18,19)20)7(17)5(16)1-21-10;;/h2-3,5,7,16-17H,1,4H2,(H2,11,12,13)(H2,18,19,20);;/q;2*+1/p-2/t5-,7-,10+;;/m1../s1. The number of nitrogen functional groups attached to an aromatic ring is 1. The number of aromatic nitrogens is 4. The van der Waals surface area contributed by atoms with Crippen LogP contribution in [0.5, 0.6) is 0 Å². The summed E-state index contributed by atoms with van der Waals surface area (Å²) in [5.74, 6) is -2.14. The van der Waals surface area contributed by atoms with Crippen LogP contribution in [0.15, 0.2) is 12.7 Å². The van der Waals surface area contributed by atoms with Crippen molar-refractivity contribution in [2.24, 2.45) is 0 Å². The van der Waals surface area contributed by atoms with E-state index in [2.05, 4.69) is 15.0 Å². The molecule has 126 valence electrons. The minimum atomic E-state index is -5.06. The molecule has 1 aliphatic heterocycles. The molecular formula is C10H12N5Na2O7P. The second-order valence-electron chi connectivity index (χ2n) is 4.88. The maximum absolute atomic E-state index is 10.9. The Morgan fingerprint density at radius 3 is 2.64 bits per heavy atom. The molecule has 2 aromatic rings. The van der Waals surface area contributed by atoms with Crippen LogP contribution in [0.3, 0.4) is 0 Å². The number of nitrogens with zero attached hydrogens (tertiary/aromatic N) is 4. The molecule has 1 fully saturated rings. The monoisotopic (exact) mass is 391 g/mol. The summed E-state index contributed by atoms with van der Waals surface area (Å²) >= 11 is 0. The molecule has 1 saturated heterocycles. The van der Waals surface area contributed by atoms with Gasteiger partial charge in [-0.05, 0) is 7.60 Å². The van der Waals surface area contributed by atoms with Crippen molar-refractivity contribution in [1.82, 2.24) is 19.5 Å². The molecular weight excluding hydrogens is 379 g/mol. The molecule has 25 heavy (non-hydrogen) atoms.